The van der Waals surface area contributed by atoms with Gasteiger partial charge in [-0.1, -0.05) is 12.1 Å². The fraction of sp³-hybridized carbons (Fsp3) is 0.667. The van der Waals surface area contributed by atoms with Crippen LogP contribution in [-0.2, 0) is 17.5 Å². The number of aliphatic hydroxyl groups excluding tert-OH is 1. The number of rotatable bonds is 2. The third kappa shape index (κ3) is 3.84. The first-order chi connectivity index (χ1) is 11.6. The Labute approximate surface area is 145 Å². The van der Waals surface area contributed by atoms with Crippen molar-refractivity contribution in [1.82, 2.24) is 4.90 Å². The van der Waals surface area contributed by atoms with Gasteiger partial charge in [0.15, 0.2) is 0 Å². The molecule has 2 aliphatic rings. The second kappa shape index (κ2) is 6.54. The molecule has 3 rings (SSSR count). The number of hydrogen-bond donors (Lipinski definition) is 2. The van der Waals surface area contributed by atoms with Gasteiger partial charge in [0.05, 0.1) is 23.4 Å². The maximum Gasteiger partial charge on any atom is 0.416 e. The van der Waals surface area contributed by atoms with E-state index in [-0.39, 0.29) is 0 Å². The van der Waals surface area contributed by atoms with Gasteiger partial charge < -0.3 is 14.9 Å². The van der Waals surface area contributed by atoms with Gasteiger partial charge in [0.25, 0.3) is 0 Å². The Balaban J connectivity index is 1.59. The molecule has 1 aromatic rings. The fourth-order valence-corrected chi connectivity index (χ4v) is 3.81. The van der Waals surface area contributed by atoms with Gasteiger partial charge in [0.2, 0.25) is 0 Å². The molecule has 0 aromatic heterocycles. The van der Waals surface area contributed by atoms with Crippen LogP contribution < -0.4 is 0 Å². The summed E-state index contributed by atoms with van der Waals surface area (Å²) in [5, 5.41) is 20.8. The van der Waals surface area contributed by atoms with Crippen molar-refractivity contribution in [2.45, 2.75) is 56.2 Å². The summed E-state index contributed by atoms with van der Waals surface area (Å²) in [6, 6.07) is 5.21. The third-order valence-corrected chi connectivity index (χ3v) is 5.47. The van der Waals surface area contributed by atoms with E-state index in [0.29, 0.717) is 45.5 Å². The van der Waals surface area contributed by atoms with Crippen LogP contribution in [-0.4, -0.2) is 52.1 Å². The average Bonchev–Trinajstić information content (AvgIpc) is 2.54. The average molecular weight is 359 g/mol. The molecule has 0 amide bonds. The monoisotopic (exact) mass is 359 g/mol. The van der Waals surface area contributed by atoms with E-state index in [4.69, 9.17) is 4.74 Å². The van der Waals surface area contributed by atoms with Crippen molar-refractivity contribution in [3.05, 3.63) is 35.4 Å². The van der Waals surface area contributed by atoms with Gasteiger partial charge >= 0.3 is 6.18 Å². The molecule has 0 radical (unpaired) electrons. The molecule has 2 N–H and O–H groups in total. The van der Waals surface area contributed by atoms with Crippen molar-refractivity contribution < 1.29 is 28.1 Å². The van der Waals surface area contributed by atoms with E-state index in [0.717, 1.165) is 17.7 Å². The van der Waals surface area contributed by atoms with Crippen molar-refractivity contribution in [3.8, 4) is 0 Å². The minimum atomic E-state index is -4.32. The molecule has 1 aromatic carbocycles. The Morgan fingerprint density at radius 3 is 2.32 bits per heavy atom. The maximum absolute atomic E-state index is 12.6. The Morgan fingerprint density at radius 1 is 1.16 bits per heavy atom. The highest BCUT2D eigenvalue weighted by Gasteiger charge is 2.52. The van der Waals surface area contributed by atoms with Crippen LogP contribution in [0.25, 0.3) is 0 Å². The van der Waals surface area contributed by atoms with Crippen LogP contribution in [0.4, 0.5) is 13.2 Å². The maximum atomic E-state index is 12.6. The number of nitrogens with zero attached hydrogens (tertiary/aromatic N) is 1. The third-order valence-electron chi connectivity index (χ3n) is 5.47. The summed E-state index contributed by atoms with van der Waals surface area (Å²) >= 11 is 0. The first-order valence-electron chi connectivity index (χ1n) is 8.55. The SMILES string of the molecule is C[C@@]1(O)CCOC2(CCN(Cc3ccc(C(F)(F)F)cc3)CC2)[C@H]1O. The smallest absolute Gasteiger partial charge is 0.387 e. The van der Waals surface area contributed by atoms with E-state index in [9.17, 15) is 23.4 Å². The molecular weight excluding hydrogens is 335 g/mol. The molecule has 2 aliphatic heterocycles. The number of likely N-dealkylation sites (tertiary alicyclic amines) is 1. The van der Waals surface area contributed by atoms with Crippen LogP contribution in [0, 0.1) is 0 Å². The highest BCUT2D eigenvalue weighted by Crippen LogP contribution is 2.40. The molecule has 0 saturated carbocycles. The van der Waals surface area contributed by atoms with Gasteiger partial charge in [-0.15, -0.1) is 0 Å². The van der Waals surface area contributed by atoms with Crippen LogP contribution in [0.5, 0.6) is 0 Å². The quantitative estimate of drug-likeness (QED) is 0.852. The van der Waals surface area contributed by atoms with E-state index in [1.54, 1.807) is 6.92 Å². The van der Waals surface area contributed by atoms with Crippen molar-refractivity contribution in [2.75, 3.05) is 19.7 Å². The largest absolute Gasteiger partial charge is 0.416 e. The van der Waals surface area contributed by atoms with Crippen LogP contribution in [0.15, 0.2) is 24.3 Å². The zero-order valence-corrected chi connectivity index (χ0v) is 14.2. The topological polar surface area (TPSA) is 52.9 Å². The Hall–Kier alpha value is -1.15. The molecule has 25 heavy (non-hydrogen) atoms. The van der Waals surface area contributed by atoms with Gasteiger partial charge in [-0.3, -0.25) is 4.90 Å². The summed E-state index contributed by atoms with van der Waals surface area (Å²) in [6.45, 7) is 3.93. The molecule has 2 atom stereocenters. The lowest BCUT2D eigenvalue weighted by atomic mass is 9.75. The molecule has 2 heterocycles. The molecule has 0 bridgehead atoms. The lowest BCUT2D eigenvalue weighted by Gasteiger charge is -2.51. The van der Waals surface area contributed by atoms with Crippen molar-refractivity contribution >= 4 is 0 Å². The van der Waals surface area contributed by atoms with Gasteiger partial charge in [0, 0.05) is 26.1 Å². The predicted octanol–water partition coefficient (Wildman–Crippen LogP) is 2.57. The molecule has 0 aliphatic carbocycles. The Morgan fingerprint density at radius 2 is 1.76 bits per heavy atom. The van der Waals surface area contributed by atoms with Gasteiger partial charge in [-0.25, -0.2) is 0 Å². The number of alkyl halides is 3. The van der Waals surface area contributed by atoms with Crippen LogP contribution in [0.3, 0.4) is 0 Å². The molecule has 7 heteroatoms. The summed E-state index contributed by atoms with van der Waals surface area (Å²) < 4.78 is 43.7. The molecule has 2 fully saturated rings. The summed E-state index contributed by atoms with van der Waals surface area (Å²) in [4.78, 5) is 2.13. The Bertz CT molecular complexity index is 593. The van der Waals surface area contributed by atoms with Crippen molar-refractivity contribution in [3.63, 3.8) is 0 Å². The standard InChI is InChI=1S/C18H24F3NO3/c1-16(24)8-11-25-17(15(16)23)6-9-22(10-7-17)12-13-2-4-14(5-3-13)18(19,20)21/h2-5,15,23-24H,6-12H2,1H3/t15-,16+/m0/s1. The molecular formula is C18H24F3NO3. The lowest BCUT2D eigenvalue weighted by molar-refractivity contribution is -0.246. The summed E-state index contributed by atoms with van der Waals surface area (Å²) in [6.07, 6.45) is -3.66. The number of piperidine rings is 1. The van der Waals surface area contributed by atoms with E-state index in [1.165, 1.54) is 12.1 Å². The number of ether oxygens (including phenoxy) is 1. The number of halogens is 3. The van der Waals surface area contributed by atoms with E-state index >= 15 is 0 Å². The first kappa shape index (κ1) is 18.6. The Kier molecular flexibility index (Phi) is 4.87. The van der Waals surface area contributed by atoms with Crippen LogP contribution in [0.2, 0.25) is 0 Å². The predicted molar refractivity (Wildman–Crippen MR) is 85.9 cm³/mol. The second-order valence-electron chi connectivity index (χ2n) is 7.39. The van der Waals surface area contributed by atoms with E-state index in [1.807, 2.05) is 0 Å². The van der Waals surface area contributed by atoms with Crippen molar-refractivity contribution in [1.29, 1.82) is 0 Å². The minimum Gasteiger partial charge on any atom is -0.387 e. The highest BCUT2D eigenvalue weighted by atomic mass is 19.4. The normalized spacial score (nSPS) is 30.6. The van der Waals surface area contributed by atoms with Gasteiger partial charge in [-0.2, -0.15) is 13.2 Å². The van der Waals surface area contributed by atoms with Crippen LogP contribution in [0.1, 0.15) is 37.3 Å². The number of benzene rings is 1. The first-order valence-corrected chi connectivity index (χ1v) is 8.55. The zero-order chi connectivity index (χ0) is 18.3. The van der Waals surface area contributed by atoms with E-state index < -0.39 is 29.0 Å². The minimum absolute atomic E-state index is 0.408. The molecule has 0 unspecified atom stereocenters. The molecule has 4 nitrogen and oxygen atoms in total. The highest BCUT2D eigenvalue weighted by molar-refractivity contribution is 5.24. The molecule has 2 saturated heterocycles. The molecule has 140 valence electrons. The van der Waals surface area contributed by atoms with Gasteiger partial charge in [0.1, 0.15) is 6.10 Å². The zero-order valence-electron chi connectivity index (χ0n) is 14.2. The summed E-state index contributed by atoms with van der Waals surface area (Å²) in [7, 11) is 0. The van der Waals surface area contributed by atoms with Crippen LogP contribution >= 0.6 is 0 Å². The van der Waals surface area contributed by atoms with E-state index in [2.05, 4.69) is 4.90 Å². The summed E-state index contributed by atoms with van der Waals surface area (Å²) in [5.41, 5.74) is -1.69. The fourth-order valence-electron chi connectivity index (χ4n) is 3.81. The number of hydrogen-bond acceptors (Lipinski definition) is 4. The second-order valence-corrected chi connectivity index (χ2v) is 7.39. The molecule has 1 spiro atoms. The van der Waals surface area contributed by atoms with Crippen molar-refractivity contribution in [2.24, 2.45) is 0 Å². The van der Waals surface area contributed by atoms with Gasteiger partial charge in [-0.05, 0) is 37.5 Å². The lowest BCUT2D eigenvalue weighted by Crippen LogP contribution is -2.64. The summed E-state index contributed by atoms with van der Waals surface area (Å²) in [5.74, 6) is 0. The number of aliphatic hydroxyl groups is 2.